The van der Waals surface area contributed by atoms with Crippen molar-refractivity contribution < 1.29 is 4.42 Å². The minimum atomic E-state index is -0.0641. The molecule has 2 aromatic heterocycles. The van der Waals surface area contributed by atoms with Crippen molar-refractivity contribution in [3.8, 4) is 11.4 Å². The summed E-state index contributed by atoms with van der Waals surface area (Å²) in [5.41, 5.74) is 4.22. The lowest BCUT2D eigenvalue weighted by Gasteiger charge is -2.16. The van der Waals surface area contributed by atoms with E-state index >= 15 is 0 Å². The first-order valence-electron chi connectivity index (χ1n) is 9.57. The molecule has 2 heterocycles. The second-order valence-corrected chi connectivity index (χ2v) is 7.50. The lowest BCUT2D eigenvalue weighted by atomic mass is 10.0. The van der Waals surface area contributed by atoms with Crippen LogP contribution in [0.5, 0.6) is 0 Å². The summed E-state index contributed by atoms with van der Waals surface area (Å²) in [5.74, 6) is 1.10. The topological polar surface area (TPSA) is 62.1 Å². The van der Waals surface area contributed by atoms with E-state index in [4.69, 9.17) is 9.40 Å². The maximum atomic E-state index is 12.1. The highest BCUT2D eigenvalue weighted by molar-refractivity contribution is 5.55. The first kappa shape index (κ1) is 17.7. The third-order valence-electron chi connectivity index (χ3n) is 5.25. The second-order valence-electron chi connectivity index (χ2n) is 7.50. The van der Waals surface area contributed by atoms with Gasteiger partial charge in [0.15, 0.2) is 0 Å². The van der Waals surface area contributed by atoms with Crippen LogP contribution in [0.3, 0.4) is 0 Å². The van der Waals surface area contributed by atoms with Gasteiger partial charge >= 0.3 is 0 Å². The Balaban J connectivity index is 1.48. The molecule has 27 heavy (non-hydrogen) atoms. The van der Waals surface area contributed by atoms with Crippen molar-refractivity contribution >= 4 is 0 Å². The van der Waals surface area contributed by atoms with E-state index in [9.17, 15) is 4.79 Å². The Morgan fingerprint density at radius 2 is 1.85 bits per heavy atom. The zero-order valence-electron chi connectivity index (χ0n) is 15.6. The number of furan rings is 1. The summed E-state index contributed by atoms with van der Waals surface area (Å²) in [7, 11) is 2.09. The van der Waals surface area contributed by atoms with Crippen LogP contribution in [0.15, 0.2) is 58.1 Å². The third-order valence-corrected chi connectivity index (χ3v) is 5.25. The number of nitrogens with one attached hydrogen (secondary N) is 1. The van der Waals surface area contributed by atoms with Crippen LogP contribution >= 0.6 is 0 Å². The maximum absolute atomic E-state index is 12.1. The highest BCUT2D eigenvalue weighted by atomic mass is 16.3. The van der Waals surface area contributed by atoms with Crippen molar-refractivity contribution in [1.29, 1.82) is 0 Å². The Kier molecular flexibility index (Phi) is 5.21. The predicted molar refractivity (Wildman–Crippen MR) is 105 cm³/mol. The molecule has 0 radical (unpaired) electrons. The van der Waals surface area contributed by atoms with E-state index in [2.05, 4.69) is 29.1 Å². The Bertz CT molecular complexity index is 923. The molecule has 0 amide bonds. The van der Waals surface area contributed by atoms with Gasteiger partial charge in [-0.15, -0.1) is 0 Å². The normalized spacial score (nSPS) is 14.9. The number of aromatic amines is 1. The monoisotopic (exact) mass is 363 g/mol. The lowest BCUT2D eigenvalue weighted by molar-refractivity contribution is 0.318. The SMILES string of the molecule is CN(Cc1ccc(-c2nc(C3CCCC3)cc(=O)[nH]2)cc1)Cc1ccoc1. The van der Waals surface area contributed by atoms with Gasteiger partial charge in [-0.3, -0.25) is 9.69 Å². The van der Waals surface area contributed by atoms with Gasteiger partial charge in [0.2, 0.25) is 0 Å². The molecule has 0 saturated heterocycles. The van der Waals surface area contributed by atoms with Crippen LogP contribution in [-0.4, -0.2) is 21.9 Å². The Hall–Kier alpha value is -2.66. The highest BCUT2D eigenvalue weighted by Gasteiger charge is 2.19. The van der Waals surface area contributed by atoms with Gasteiger partial charge in [0, 0.05) is 36.2 Å². The van der Waals surface area contributed by atoms with Crippen LogP contribution in [0, 0.1) is 0 Å². The third kappa shape index (κ3) is 4.37. The summed E-state index contributed by atoms with van der Waals surface area (Å²) in [4.78, 5) is 22.0. The molecule has 0 bridgehead atoms. The maximum Gasteiger partial charge on any atom is 0.251 e. The lowest BCUT2D eigenvalue weighted by Crippen LogP contribution is -2.16. The number of hydrogen-bond donors (Lipinski definition) is 1. The molecule has 1 aliphatic carbocycles. The number of nitrogens with zero attached hydrogens (tertiary/aromatic N) is 2. The van der Waals surface area contributed by atoms with E-state index in [0.29, 0.717) is 11.7 Å². The Labute approximate surface area is 159 Å². The van der Waals surface area contributed by atoms with Crippen LogP contribution in [0.2, 0.25) is 0 Å². The average Bonchev–Trinajstić information content (AvgIpc) is 3.36. The molecule has 5 heteroatoms. The fourth-order valence-corrected chi connectivity index (χ4v) is 3.87. The molecule has 3 aromatic rings. The van der Waals surface area contributed by atoms with Crippen LogP contribution in [-0.2, 0) is 13.1 Å². The van der Waals surface area contributed by atoms with Crippen LogP contribution in [0.4, 0.5) is 0 Å². The van der Waals surface area contributed by atoms with Gasteiger partial charge in [-0.1, -0.05) is 37.1 Å². The molecule has 1 N–H and O–H groups in total. The van der Waals surface area contributed by atoms with Gasteiger partial charge < -0.3 is 9.40 Å². The van der Waals surface area contributed by atoms with Gasteiger partial charge in [0.1, 0.15) is 5.82 Å². The number of hydrogen-bond acceptors (Lipinski definition) is 4. The molecule has 140 valence electrons. The predicted octanol–water partition coefficient (Wildman–Crippen LogP) is 4.32. The number of rotatable bonds is 6. The first-order chi connectivity index (χ1) is 13.2. The van der Waals surface area contributed by atoms with Crippen molar-refractivity contribution in [1.82, 2.24) is 14.9 Å². The molecule has 0 spiro atoms. The molecule has 1 aliphatic rings. The van der Waals surface area contributed by atoms with Gasteiger partial charge in [-0.05, 0) is 31.5 Å². The van der Waals surface area contributed by atoms with Gasteiger partial charge in [-0.25, -0.2) is 4.98 Å². The van der Waals surface area contributed by atoms with Crippen LogP contribution in [0.25, 0.3) is 11.4 Å². The van der Waals surface area contributed by atoms with E-state index in [1.807, 2.05) is 18.2 Å². The standard InChI is InChI=1S/C22H25N3O2/c1-25(14-17-10-11-27-15-17)13-16-6-8-19(9-7-16)22-23-20(12-21(26)24-22)18-4-2-3-5-18/h6-12,15,18H,2-5,13-14H2,1H3,(H,23,24,26). The van der Waals surface area contributed by atoms with Gasteiger partial charge in [-0.2, -0.15) is 0 Å². The molecule has 1 aromatic carbocycles. The summed E-state index contributed by atoms with van der Waals surface area (Å²) in [5, 5.41) is 0. The Morgan fingerprint density at radius 1 is 1.11 bits per heavy atom. The van der Waals surface area contributed by atoms with E-state index < -0.39 is 0 Å². The van der Waals surface area contributed by atoms with E-state index in [-0.39, 0.29) is 5.56 Å². The number of benzene rings is 1. The molecular weight excluding hydrogens is 338 g/mol. The smallest absolute Gasteiger partial charge is 0.251 e. The van der Waals surface area contributed by atoms with Gasteiger partial charge in [0.25, 0.3) is 5.56 Å². The van der Waals surface area contributed by atoms with Crippen molar-refractivity contribution in [3.05, 3.63) is 76.1 Å². The highest BCUT2D eigenvalue weighted by Crippen LogP contribution is 2.33. The minimum Gasteiger partial charge on any atom is -0.472 e. The summed E-state index contributed by atoms with van der Waals surface area (Å²) < 4.78 is 5.12. The van der Waals surface area contributed by atoms with Crippen molar-refractivity contribution in [2.24, 2.45) is 0 Å². The summed E-state index contributed by atoms with van der Waals surface area (Å²) in [6, 6.07) is 11.9. The summed E-state index contributed by atoms with van der Waals surface area (Å²) in [6.45, 7) is 1.69. The average molecular weight is 363 g/mol. The fourth-order valence-electron chi connectivity index (χ4n) is 3.87. The quantitative estimate of drug-likeness (QED) is 0.708. The molecule has 5 nitrogen and oxygen atoms in total. The summed E-state index contributed by atoms with van der Waals surface area (Å²) in [6.07, 6.45) is 8.21. The fraction of sp³-hybridized carbons (Fsp3) is 0.364. The Morgan fingerprint density at radius 3 is 2.56 bits per heavy atom. The molecule has 4 rings (SSSR count). The van der Waals surface area contributed by atoms with Crippen molar-refractivity contribution in [2.45, 2.75) is 44.7 Å². The molecule has 0 atom stereocenters. The minimum absolute atomic E-state index is 0.0641. The second kappa shape index (κ2) is 7.92. The largest absolute Gasteiger partial charge is 0.472 e. The molecule has 1 fully saturated rings. The summed E-state index contributed by atoms with van der Waals surface area (Å²) >= 11 is 0. The molecular formula is C22H25N3O2. The van der Waals surface area contributed by atoms with Crippen LogP contribution < -0.4 is 5.56 Å². The number of aromatic nitrogens is 2. The zero-order valence-corrected chi connectivity index (χ0v) is 15.6. The number of H-pyrrole nitrogens is 1. The van der Waals surface area contributed by atoms with Crippen molar-refractivity contribution in [2.75, 3.05) is 7.05 Å². The first-order valence-corrected chi connectivity index (χ1v) is 9.57. The zero-order chi connectivity index (χ0) is 18.6. The van der Waals surface area contributed by atoms with Crippen LogP contribution in [0.1, 0.15) is 48.4 Å². The molecule has 1 saturated carbocycles. The van der Waals surface area contributed by atoms with Crippen molar-refractivity contribution in [3.63, 3.8) is 0 Å². The van der Waals surface area contributed by atoms with E-state index in [0.717, 1.165) is 37.2 Å². The molecule has 0 aliphatic heterocycles. The molecule has 0 unspecified atom stereocenters. The van der Waals surface area contributed by atoms with E-state index in [1.165, 1.54) is 24.0 Å². The van der Waals surface area contributed by atoms with Gasteiger partial charge in [0.05, 0.1) is 18.2 Å². The van der Waals surface area contributed by atoms with E-state index in [1.54, 1.807) is 18.6 Å².